The first-order valence-corrected chi connectivity index (χ1v) is 8.87. The minimum atomic E-state index is -0.348. The van der Waals surface area contributed by atoms with E-state index in [1.807, 2.05) is 41.8 Å². The third-order valence-electron chi connectivity index (χ3n) is 3.52. The number of nitrogens with zero attached hydrogens (tertiary/aromatic N) is 5. The number of hydrogen-bond donors (Lipinski definition) is 1. The highest BCUT2D eigenvalue weighted by Crippen LogP contribution is 2.24. The summed E-state index contributed by atoms with van der Waals surface area (Å²) in [5.74, 6) is 1.91. The number of thioether (sulfide) groups is 1. The number of carbonyl (C=O) groups excluding carboxylic acids is 1. The largest absolute Gasteiger partial charge is 0.420 e. The van der Waals surface area contributed by atoms with Gasteiger partial charge < -0.3 is 14.7 Å². The SMILES string of the molecule is CCn1c(CCC(N)=O)nnc1SCc1nnc(-c2ccccc2)o1. The van der Waals surface area contributed by atoms with E-state index in [0.29, 0.717) is 30.5 Å². The van der Waals surface area contributed by atoms with Gasteiger partial charge in [0.05, 0.1) is 5.75 Å². The summed E-state index contributed by atoms with van der Waals surface area (Å²) in [6.07, 6.45) is 0.738. The molecule has 3 rings (SSSR count). The molecule has 8 nitrogen and oxygen atoms in total. The molecule has 0 saturated carbocycles. The minimum absolute atomic E-state index is 0.257. The number of primary amides is 1. The number of aryl methyl sites for hydroxylation is 1. The third-order valence-corrected chi connectivity index (χ3v) is 4.47. The van der Waals surface area contributed by atoms with Crippen molar-refractivity contribution in [2.45, 2.75) is 37.2 Å². The monoisotopic (exact) mass is 358 g/mol. The zero-order valence-corrected chi connectivity index (χ0v) is 14.6. The fourth-order valence-electron chi connectivity index (χ4n) is 2.30. The molecule has 25 heavy (non-hydrogen) atoms. The highest BCUT2D eigenvalue weighted by molar-refractivity contribution is 7.98. The Morgan fingerprint density at radius 1 is 1.20 bits per heavy atom. The smallest absolute Gasteiger partial charge is 0.247 e. The Morgan fingerprint density at radius 2 is 2.00 bits per heavy atom. The highest BCUT2D eigenvalue weighted by Gasteiger charge is 2.14. The molecule has 0 unspecified atom stereocenters. The average molecular weight is 358 g/mol. The van der Waals surface area contributed by atoms with Crippen LogP contribution in [0.5, 0.6) is 0 Å². The lowest BCUT2D eigenvalue weighted by atomic mass is 10.2. The summed E-state index contributed by atoms with van der Waals surface area (Å²) in [6.45, 7) is 2.71. The number of nitrogens with two attached hydrogens (primary N) is 1. The first-order chi connectivity index (χ1) is 12.2. The van der Waals surface area contributed by atoms with Crippen LogP contribution in [0.1, 0.15) is 25.1 Å². The van der Waals surface area contributed by atoms with Crippen LogP contribution in [0.15, 0.2) is 39.9 Å². The highest BCUT2D eigenvalue weighted by atomic mass is 32.2. The molecular weight excluding hydrogens is 340 g/mol. The lowest BCUT2D eigenvalue weighted by Gasteiger charge is -2.05. The zero-order valence-electron chi connectivity index (χ0n) is 13.8. The third kappa shape index (κ3) is 4.24. The first-order valence-electron chi connectivity index (χ1n) is 7.88. The quantitative estimate of drug-likeness (QED) is 0.613. The van der Waals surface area contributed by atoms with Gasteiger partial charge in [0, 0.05) is 24.9 Å². The van der Waals surface area contributed by atoms with Gasteiger partial charge in [0.1, 0.15) is 5.82 Å². The number of amides is 1. The van der Waals surface area contributed by atoms with Crippen LogP contribution in [0.25, 0.3) is 11.5 Å². The van der Waals surface area contributed by atoms with Gasteiger partial charge in [0.25, 0.3) is 0 Å². The van der Waals surface area contributed by atoms with Gasteiger partial charge in [0.2, 0.25) is 17.7 Å². The van der Waals surface area contributed by atoms with E-state index in [1.165, 1.54) is 11.8 Å². The number of rotatable bonds is 8. The van der Waals surface area contributed by atoms with Crippen LogP contribution in [0.2, 0.25) is 0 Å². The van der Waals surface area contributed by atoms with Gasteiger partial charge in [-0.05, 0) is 19.1 Å². The Morgan fingerprint density at radius 3 is 2.72 bits per heavy atom. The Kier molecular flexibility index (Phi) is 5.44. The predicted octanol–water partition coefficient (Wildman–Crippen LogP) is 2.06. The van der Waals surface area contributed by atoms with Gasteiger partial charge >= 0.3 is 0 Å². The molecule has 9 heteroatoms. The maximum Gasteiger partial charge on any atom is 0.247 e. The summed E-state index contributed by atoms with van der Waals surface area (Å²) >= 11 is 1.47. The van der Waals surface area contributed by atoms with E-state index in [9.17, 15) is 4.79 Å². The minimum Gasteiger partial charge on any atom is -0.420 e. The molecular formula is C16H18N6O2S. The molecule has 2 N–H and O–H groups in total. The van der Waals surface area contributed by atoms with Crippen molar-refractivity contribution in [2.24, 2.45) is 5.73 Å². The molecule has 0 aliphatic heterocycles. The van der Waals surface area contributed by atoms with Crippen LogP contribution < -0.4 is 5.73 Å². The predicted molar refractivity (Wildman–Crippen MR) is 92.5 cm³/mol. The number of benzene rings is 1. The first kappa shape index (κ1) is 17.2. The molecule has 0 radical (unpaired) electrons. The second-order valence-corrected chi connectivity index (χ2v) is 6.21. The fourth-order valence-corrected chi connectivity index (χ4v) is 3.16. The lowest BCUT2D eigenvalue weighted by molar-refractivity contribution is -0.118. The van der Waals surface area contributed by atoms with Crippen LogP contribution in [0.3, 0.4) is 0 Å². The van der Waals surface area contributed by atoms with Gasteiger partial charge in [-0.3, -0.25) is 4.79 Å². The number of carbonyl (C=O) groups is 1. The molecule has 0 aliphatic carbocycles. The summed E-state index contributed by atoms with van der Waals surface area (Å²) in [4.78, 5) is 10.9. The molecule has 1 aromatic carbocycles. The Labute approximate surface area is 148 Å². The van der Waals surface area contributed by atoms with E-state index < -0.39 is 0 Å². The number of hydrogen-bond acceptors (Lipinski definition) is 7. The van der Waals surface area contributed by atoms with Crippen molar-refractivity contribution in [3.63, 3.8) is 0 Å². The summed E-state index contributed by atoms with van der Waals surface area (Å²) in [6, 6.07) is 9.62. The molecule has 3 aromatic rings. The van der Waals surface area contributed by atoms with Crippen molar-refractivity contribution in [1.82, 2.24) is 25.0 Å². The van der Waals surface area contributed by atoms with Gasteiger partial charge in [-0.2, -0.15) is 0 Å². The Balaban J connectivity index is 1.66. The normalized spacial score (nSPS) is 10.9. The van der Waals surface area contributed by atoms with E-state index in [2.05, 4.69) is 20.4 Å². The van der Waals surface area contributed by atoms with Crippen molar-refractivity contribution >= 4 is 17.7 Å². The zero-order chi connectivity index (χ0) is 17.6. The summed E-state index contributed by atoms with van der Waals surface area (Å²) in [7, 11) is 0. The topological polar surface area (TPSA) is 113 Å². The summed E-state index contributed by atoms with van der Waals surface area (Å²) < 4.78 is 7.65. The number of aromatic nitrogens is 5. The lowest BCUT2D eigenvalue weighted by Crippen LogP contribution is -2.13. The van der Waals surface area contributed by atoms with Crippen molar-refractivity contribution < 1.29 is 9.21 Å². The van der Waals surface area contributed by atoms with Crippen molar-refractivity contribution in [3.8, 4) is 11.5 Å². The molecule has 0 fully saturated rings. The molecule has 0 spiro atoms. The molecule has 0 atom stereocenters. The Bertz CT molecular complexity index is 845. The van der Waals surface area contributed by atoms with Gasteiger partial charge in [-0.1, -0.05) is 30.0 Å². The average Bonchev–Trinajstić information content (AvgIpc) is 3.25. The van der Waals surface area contributed by atoms with E-state index in [0.717, 1.165) is 16.5 Å². The van der Waals surface area contributed by atoms with E-state index in [1.54, 1.807) is 0 Å². The van der Waals surface area contributed by atoms with Gasteiger partial charge in [-0.15, -0.1) is 20.4 Å². The van der Waals surface area contributed by atoms with Crippen molar-refractivity contribution in [2.75, 3.05) is 0 Å². The van der Waals surface area contributed by atoms with Crippen molar-refractivity contribution in [3.05, 3.63) is 42.0 Å². The molecule has 2 aromatic heterocycles. The van der Waals surface area contributed by atoms with Gasteiger partial charge in [0.15, 0.2) is 5.16 Å². The maximum atomic E-state index is 10.9. The second kappa shape index (κ2) is 7.93. The maximum absolute atomic E-state index is 10.9. The standard InChI is InChI=1S/C16H18N6O2S/c1-2-22-13(9-8-12(17)23)18-21-16(22)25-10-14-19-20-15(24-14)11-6-4-3-5-7-11/h3-7H,2,8-10H2,1H3,(H2,17,23). The Hall–Kier alpha value is -2.68. The molecule has 0 aliphatic rings. The van der Waals surface area contributed by atoms with E-state index in [4.69, 9.17) is 10.2 Å². The second-order valence-electron chi connectivity index (χ2n) is 5.27. The van der Waals surface area contributed by atoms with E-state index in [-0.39, 0.29) is 12.3 Å². The van der Waals surface area contributed by atoms with Crippen LogP contribution in [0, 0.1) is 0 Å². The summed E-state index contributed by atoms with van der Waals surface area (Å²) in [5, 5.41) is 17.2. The molecule has 2 heterocycles. The van der Waals surface area contributed by atoms with Gasteiger partial charge in [-0.25, -0.2) is 0 Å². The van der Waals surface area contributed by atoms with Crippen LogP contribution in [-0.4, -0.2) is 30.9 Å². The molecule has 0 bridgehead atoms. The fraction of sp³-hybridized carbons (Fsp3) is 0.312. The van der Waals surface area contributed by atoms with Crippen LogP contribution >= 0.6 is 11.8 Å². The van der Waals surface area contributed by atoms with Crippen molar-refractivity contribution in [1.29, 1.82) is 0 Å². The molecule has 130 valence electrons. The summed E-state index contributed by atoms with van der Waals surface area (Å²) in [5.41, 5.74) is 6.08. The molecule has 0 saturated heterocycles. The van der Waals surface area contributed by atoms with E-state index >= 15 is 0 Å². The molecule has 1 amide bonds. The van der Waals surface area contributed by atoms with Crippen LogP contribution in [0.4, 0.5) is 0 Å². The van der Waals surface area contributed by atoms with Crippen LogP contribution in [-0.2, 0) is 23.5 Å².